The molecule has 2 heteroatoms. The SMILES string of the molecule is CC=COc1ccc(Br)cc1. The van der Waals surface area contributed by atoms with Crippen molar-refractivity contribution in [3.63, 3.8) is 0 Å². The van der Waals surface area contributed by atoms with Gasteiger partial charge >= 0.3 is 0 Å². The van der Waals surface area contributed by atoms with Crippen LogP contribution in [0, 0.1) is 0 Å². The van der Waals surface area contributed by atoms with Gasteiger partial charge < -0.3 is 4.74 Å². The van der Waals surface area contributed by atoms with E-state index in [1.54, 1.807) is 6.26 Å². The smallest absolute Gasteiger partial charge is 0.126 e. The van der Waals surface area contributed by atoms with E-state index in [0.717, 1.165) is 10.2 Å². The summed E-state index contributed by atoms with van der Waals surface area (Å²) in [6.45, 7) is 1.92. The number of allylic oxidation sites excluding steroid dienone is 1. The minimum Gasteiger partial charge on any atom is -0.465 e. The van der Waals surface area contributed by atoms with Crippen molar-refractivity contribution in [2.45, 2.75) is 6.92 Å². The van der Waals surface area contributed by atoms with Crippen molar-refractivity contribution in [3.8, 4) is 5.75 Å². The summed E-state index contributed by atoms with van der Waals surface area (Å²) in [5.74, 6) is 0.853. The van der Waals surface area contributed by atoms with Crippen LogP contribution in [0.15, 0.2) is 41.1 Å². The predicted octanol–water partition coefficient (Wildman–Crippen LogP) is 3.36. The number of ether oxygens (including phenoxy) is 1. The van der Waals surface area contributed by atoms with Gasteiger partial charge in [-0.25, -0.2) is 0 Å². The van der Waals surface area contributed by atoms with Gasteiger partial charge in [0.05, 0.1) is 6.26 Å². The maximum absolute atomic E-state index is 5.21. The molecule has 0 aliphatic carbocycles. The summed E-state index contributed by atoms with van der Waals surface area (Å²) in [7, 11) is 0. The highest BCUT2D eigenvalue weighted by molar-refractivity contribution is 9.10. The maximum Gasteiger partial charge on any atom is 0.126 e. The van der Waals surface area contributed by atoms with E-state index in [4.69, 9.17) is 4.74 Å². The Morgan fingerprint density at radius 1 is 1.27 bits per heavy atom. The molecule has 11 heavy (non-hydrogen) atoms. The third-order valence-corrected chi connectivity index (χ3v) is 1.68. The van der Waals surface area contributed by atoms with Crippen LogP contribution in [0.25, 0.3) is 0 Å². The third kappa shape index (κ3) is 2.76. The van der Waals surface area contributed by atoms with E-state index in [-0.39, 0.29) is 0 Å². The van der Waals surface area contributed by atoms with Gasteiger partial charge in [-0.15, -0.1) is 0 Å². The lowest BCUT2D eigenvalue weighted by Gasteiger charge is -1.97. The highest BCUT2D eigenvalue weighted by Gasteiger charge is 1.88. The molecule has 0 aliphatic rings. The molecular weight excluding hydrogens is 204 g/mol. The quantitative estimate of drug-likeness (QED) is 0.684. The molecule has 0 amide bonds. The van der Waals surface area contributed by atoms with Crippen LogP contribution in [0.3, 0.4) is 0 Å². The lowest BCUT2D eigenvalue weighted by Crippen LogP contribution is -1.79. The average molecular weight is 213 g/mol. The molecule has 0 fully saturated rings. The molecule has 0 atom stereocenters. The van der Waals surface area contributed by atoms with Crippen LogP contribution < -0.4 is 4.74 Å². The molecule has 0 N–H and O–H groups in total. The fraction of sp³-hybridized carbons (Fsp3) is 0.111. The second-order valence-electron chi connectivity index (χ2n) is 2.04. The maximum atomic E-state index is 5.21. The minimum absolute atomic E-state index is 0.853. The zero-order valence-corrected chi connectivity index (χ0v) is 7.84. The van der Waals surface area contributed by atoms with Gasteiger partial charge in [0.2, 0.25) is 0 Å². The highest BCUT2D eigenvalue weighted by Crippen LogP contribution is 2.15. The molecule has 0 aromatic heterocycles. The third-order valence-electron chi connectivity index (χ3n) is 1.15. The van der Waals surface area contributed by atoms with Crippen LogP contribution in [-0.2, 0) is 0 Å². The van der Waals surface area contributed by atoms with Crippen LogP contribution in [0.5, 0.6) is 5.75 Å². The fourth-order valence-corrected chi connectivity index (χ4v) is 0.924. The molecule has 1 nitrogen and oxygen atoms in total. The van der Waals surface area contributed by atoms with Gasteiger partial charge in [0.1, 0.15) is 5.75 Å². The molecule has 1 aromatic carbocycles. The first-order valence-electron chi connectivity index (χ1n) is 3.36. The minimum atomic E-state index is 0.853. The van der Waals surface area contributed by atoms with E-state index in [1.165, 1.54) is 0 Å². The standard InChI is InChI=1S/C9H9BrO/c1-2-7-11-9-5-3-8(10)4-6-9/h2-7H,1H3. The summed E-state index contributed by atoms with van der Waals surface area (Å²) >= 11 is 3.34. The Morgan fingerprint density at radius 2 is 1.91 bits per heavy atom. The van der Waals surface area contributed by atoms with Gasteiger partial charge in [0.25, 0.3) is 0 Å². The predicted molar refractivity (Wildman–Crippen MR) is 49.6 cm³/mol. The topological polar surface area (TPSA) is 9.23 Å². The van der Waals surface area contributed by atoms with Crippen molar-refractivity contribution in [3.05, 3.63) is 41.1 Å². The van der Waals surface area contributed by atoms with Gasteiger partial charge in [-0.05, 0) is 31.2 Å². The van der Waals surface area contributed by atoms with E-state index in [1.807, 2.05) is 37.3 Å². The Bertz CT molecular complexity index is 238. The number of benzene rings is 1. The number of hydrogen-bond donors (Lipinski definition) is 0. The van der Waals surface area contributed by atoms with Crippen molar-refractivity contribution >= 4 is 15.9 Å². The van der Waals surface area contributed by atoms with E-state index < -0.39 is 0 Å². The summed E-state index contributed by atoms with van der Waals surface area (Å²) in [6.07, 6.45) is 3.51. The van der Waals surface area contributed by atoms with E-state index in [9.17, 15) is 0 Å². The lowest BCUT2D eigenvalue weighted by atomic mass is 10.3. The molecule has 0 radical (unpaired) electrons. The molecule has 0 saturated carbocycles. The van der Waals surface area contributed by atoms with Gasteiger partial charge in [-0.3, -0.25) is 0 Å². The molecule has 0 heterocycles. The number of hydrogen-bond acceptors (Lipinski definition) is 1. The van der Waals surface area contributed by atoms with E-state index in [2.05, 4.69) is 15.9 Å². The first-order valence-corrected chi connectivity index (χ1v) is 4.15. The van der Waals surface area contributed by atoms with Gasteiger partial charge in [0, 0.05) is 4.47 Å². The normalized spacial score (nSPS) is 10.4. The largest absolute Gasteiger partial charge is 0.465 e. The van der Waals surface area contributed by atoms with Crippen molar-refractivity contribution in [1.29, 1.82) is 0 Å². The van der Waals surface area contributed by atoms with Crippen LogP contribution >= 0.6 is 15.9 Å². The van der Waals surface area contributed by atoms with Crippen LogP contribution in [0.2, 0.25) is 0 Å². The Kier molecular flexibility index (Phi) is 3.17. The van der Waals surface area contributed by atoms with Crippen LogP contribution in [0.1, 0.15) is 6.92 Å². The molecule has 0 bridgehead atoms. The zero-order valence-electron chi connectivity index (χ0n) is 6.25. The first-order chi connectivity index (χ1) is 5.33. The molecule has 0 spiro atoms. The molecule has 0 saturated heterocycles. The summed E-state index contributed by atoms with van der Waals surface area (Å²) in [6, 6.07) is 7.70. The van der Waals surface area contributed by atoms with Crippen molar-refractivity contribution in [2.24, 2.45) is 0 Å². The molecule has 0 unspecified atom stereocenters. The molecule has 1 aromatic rings. The summed E-state index contributed by atoms with van der Waals surface area (Å²) in [4.78, 5) is 0. The van der Waals surface area contributed by atoms with Gasteiger partial charge in [-0.1, -0.05) is 22.0 Å². The molecular formula is C9H9BrO. The van der Waals surface area contributed by atoms with E-state index >= 15 is 0 Å². The fourth-order valence-electron chi connectivity index (χ4n) is 0.660. The average Bonchev–Trinajstić information content (AvgIpc) is 2.04. The van der Waals surface area contributed by atoms with Gasteiger partial charge in [0.15, 0.2) is 0 Å². The summed E-state index contributed by atoms with van der Waals surface area (Å²) in [5, 5.41) is 0. The second kappa shape index (κ2) is 4.19. The Labute approximate surface area is 74.8 Å². The van der Waals surface area contributed by atoms with Crippen LogP contribution in [-0.4, -0.2) is 0 Å². The lowest BCUT2D eigenvalue weighted by molar-refractivity contribution is 0.480. The monoisotopic (exact) mass is 212 g/mol. The van der Waals surface area contributed by atoms with Crippen molar-refractivity contribution in [1.82, 2.24) is 0 Å². The van der Waals surface area contributed by atoms with E-state index in [0.29, 0.717) is 0 Å². The van der Waals surface area contributed by atoms with Crippen molar-refractivity contribution in [2.75, 3.05) is 0 Å². The summed E-state index contributed by atoms with van der Waals surface area (Å²) < 4.78 is 6.27. The Morgan fingerprint density at radius 3 is 2.45 bits per heavy atom. The Balaban J connectivity index is 2.66. The molecule has 1 rings (SSSR count). The molecule has 0 aliphatic heterocycles. The molecule has 58 valence electrons. The summed E-state index contributed by atoms with van der Waals surface area (Å²) in [5.41, 5.74) is 0. The first kappa shape index (κ1) is 8.34. The number of rotatable bonds is 2. The van der Waals surface area contributed by atoms with Gasteiger partial charge in [-0.2, -0.15) is 0 Å². The highest BCUT2D eigenvalue weighted by atomic mass is 79.9. The van der Waals surface area contributed by atoms with Crippen LogP contribution in [0.4, 0.5) is 0 Å². The zero-order chi connectivity index (χ0) is 8.10. The number of halogens is 1. The second-order valence-corrected chi connectivity index (χ2v) is 2.96. The Hall–Kier alpha value is -0.760. The van der Waals surface area contributed by atoms with Crippen molar-refractivity contribution < 1.29 is 4.74 Å².